The number of aliphatic carboxylic acids is 1. The minimum atomic E-state index is -4.66. The molecule has 0 aliphatic carbocycles. The molecule has 2 aromatic heterocycles. The second-order valence-electron chi connectivity index (χ2n) is 10.0. The second-order valence-corrected chi connectivity index (χ2v) is 10.4. The summed E-state index contributed by atoms with van der Waals surface area (Å²) in [6.07, 6.45) is -3.71. The average Bonchev–Trinajstić information content (AvgIpc) is 3.44. The molecule has 2 heterocycles. The maximum atomic E-state index is 14.4. The number of nitrogens with one attached hydrogen (secondary N) is 1. The largest absolute Gasteiger partial charge is 0.481 e. The molecule has 1 amide bonds. The van der Waals surface area contributed by atoms with E-state index in [9.17, 15) is 35.9 Å². The van der Waals surface area contributed by atoms with E-state index < -0.39 is 52.6 Å². The van der Waals surface area contributed by atoms with Gasteiger partial charge in [-0.05, 0) is 61.0 Å². The Morgan fingerprint density at radius 1 is 1.00 bits per heavy atom. The summed E-state index contributed by atoms with van der Waals surface area (Å²) >= 11 is 6.30. The highest BCUT2D eigenvalue weighted by molar-refractivity contribution is 6.33. The molecule has 14 heteroatoms. The van der Waals surface area contributed by atoms with E-state index in [4.69, 9.17) is 16.7 Å². The maximum Gasteiger partial charge on any atom is 0.416 e. The van der Waals surface area contributed by atoms with Crippen LogP contribution in [0.5, 0.6) is 0 Å². The third-order valence-corrected chi connectivity index (χ3v) is 7.39. The number of amides is 1. The first-order chi connectivity index (χ1) is 21.2. The van der Waals surface area contributed by atoms with Gasteiger partial charge < -0.3 is 10.4 Å². The molecule has 0 radical (unpaired) electrons. The van der Waals surface area contributed by atoms with Crippen LogP contribution in [-0.4, -0.2) is 38.3 Å². The van der Waals surface area contributed by atoms with Crippen LogP contribution in [0, 0.1) is 17.5 Å². The summed E-state index contributed by atoms with van der Waals surface area (Å²) in [4.78, 5) is 27.1. The molecule has 1 unspecified atom stereocenters. The van der Waals surface area contributed by atoms with Crippen LogP contribution in [0.4, 0.5) is 26.3 Å². The maximum absolute atomic E-state index is 14.4. The van der Waals surface area contributed by atoms with Crippen molar-refractivity contribution < 1.29 is 41.0 Å². The minimum absolute atomic E-state index is 0.0126. The van der Waals surface area contributed by atoms with E-state index in [1.165, 1.54) is 35.1 Å². The predicted octanol–water partition coefficient (Wildman–Crippen LogP) is 7.67. The van der Waals surface area contributed by atoms with Crippen molar-refractivity contribution in [3.63, 3.8) is 0 Å². The Bertz CT molecular complexity index is 1940. The summed E-state index contributed by atoms with van der Waals surface area (Å²) in [6.45, 7) is 1.66. The van der Waals surface area contributed by atoms with Crippen LogP contribution in [0.15, 0.2) is 66.9 Å². The molecule has 5 rings (SSSR count). The van der Waals surface area contributed by atoms with Crippen molar-refractivity contribution in [3.8, 4) is 22.5 Å². The van der Waals surface area contributed by atoms with Crippen LogP contribution >= 0.6 is 11.6 Å². The van der Waals surface area contributed by atoms with Gasteiger partial charge in [0.25, 0.3) is 5.91 Å². The molecule has 0 aliphatic heterocycles. The fourth-order valence-corrected chi connectivity index (χ4v) is 4.91. The van der Waals surface area contributed by atoms with Gasteiger partial charge in [-0.1, -0.05) is 23.7 Å². The number of halogens is 7. The van der Waals surface area contributed by atoms with Gasteiger partial charge in [-0.3, -0.25) is 19.3 Å². The van der Waals surface area contributed by atoms with Crippen molar-refractivity contribution in [1.29, 1.82) is 0 Å². The van der Waals surface area contributed by atoms with Crippen LogP contribution in [0.1, 0.15) is 40.9 Å². The first kappa shape index (κ1) is 31.5. The minimum Gasteiger partial charge on any atom is -0.481 e. The number of aromatic nitrogens is 3. The van der Waals surface area contributed by atoms with Gasteiger partial charge in [0.05, 0.1) is 34.4 Å². The van der Waals surface area contributed by atoms with E-state index >= 15 is 0 Å². The fraction of sp³-hybridized carbons (Fsp3) is 0.161. The highest BCUT2D eigenvalue weighted by atomic mass is 35.5. The average molecular weight is 647 g/mol. The smallest absolute Gasteiger partial charge is 0.416 e. The molecule has 7 nitrogen and oxygen atoms in total. The molecule has 5 aromatic rings. The van der Waals surface area contributed by atoms with E-state index in [1.807, 2.05) is 0 Å². The highest BCUT2D eigenvalue weighted by Crippen LogP contribution is 2.38. The number of alkyl halides is 3. The molecule has 0 bridgehead atoms. The number of hydrogen-bond donors (Lipinski definition) is 2. The van der Waals surface area contributed by atoms with Gasteiger partial charge >= 0.3 is 12.1 Å². The molecule has 0 fully saturated rings. The number of carboxylic acid groups (broad SMARTS) is 1. The fourth-order valence-electron chi connectivity index (χ4n) is 4.70. The number of rotatable bonds is 8. The van der Waals surface area contributed by atoms with Crippen molar-refractivity contribution in [2.24, 2.45) is 0 Å². The van der Waals surface area contributed by atoms with Crippen LogP contribution in [-0.2, 0) is 11.0 Å². The Labute approximate surface area is 256 Å². The van der Waals surface area contributed by atoms with Crippen molar-refractivity contribution in [2.75, 3.05) is 6.54 Å². The zero-order valence-electron chi connectivity index (χ0n) is 23.1. The van der Waals surface area contributed by atoms with Crippen molar-refractivity contribution in [3.05, 3.63) is 106 Å². The molecule has 0 aliphatic rings. The number of carboxylic acids is 1. The quantitative estimate of drug-likeness (QED) is 0.133. The third kappa shape index (κ3) is 6.48. The Morgan fingerprint density at radius 3 is 2.38 bits per heavy atom. The summed E-state index contributed by atoms with van der Waals surface area (Å²) in [7, 11) is 0. The van der Waals surface area contributed by atoms with E-state index in [2.05, 4.69) is 15.4 Å². The zero-order chi connectivity index (χ0) is 32.6. The molecule has 3 aromatic carbocycles. The molecular formula is C31H21ClF6N4O3. The van der Waals surface area contributed by atoms with Crippen molar-refractivity contribution in [1.82, 2.24) is 20.1 Å². The summed E-state index contributed by atoms with van der Waals surface area (Å²) < 4.78 is 84.3. The van der Waals surface area contributed by atoms with Crippen LogP contribution in [0.2, 0.25) is 5.02 Å². The number of hydrogen-bond acceptors (Lipinski definition) is 4. The molecule has 0 saturated heterocycles. The number of carbonyl (C=O) groups excluding carboxylic acids is 1. The summed E-state index contributed by atoms with van der Waals surface area (Å²) in [5.74, 6) is -6.13. The lowest BCUT2D eigenvalue weighted by atomic mass is 10.0. The molecule has 0 saturated carbocycles. The van der Waals surface area contributed by atoms with Crippen molar-refractivity contribution >= 4 is 34.4 Å². The first-order valence-corrected chi connectivity index (χ1v) is 13.6. The molecule has 45 heavy (non-hydrogen) atoms. The molecule has 2 N–H and O–H groups in total. The predicted molar refractivity (Wildman–Crippen MR) is 153 cm³/mol. The normalized spacial score (nSPS) is 12.4. The SMILES string of the molecule is CC(c1ccc(C(=O)NCCC(=O)O)cc1)n1nc(-c2cc(C(F)(F)F)ccc2Cl)cc1-c1cnc2c(F)c(F)c(F)cc2c1. The summed E-state index contributed by atoms with van der Waals surface area (Å²) in [6, 6.07) is 12.0. The topological polar surface area (TPSA) is 97.1 Å². The third-order valence-electron chi connectivity index (χ3n) is 7.06. The van der Waals surface area contributed by atoms with E-state index in [0.29, 0.717) is 5.56 Å². The number of benzene rings is 3. The zero-order valence-corrected chi connectivity index (χ0v) is 23.8. The number of fused-ring (bicyclic) bond motifs is 1. The van der Waals surface area contributed by atoms with Gasteiger partial charge in [0.1, 0.15) is 5.52 Å². The van der Waals surface area contributed by atoms with Crippen LogP contribution in [0.25, 0.3) is 33.4 Å². The van der Waals surface area contributed by atoms with E-state index in [-0.39, 0.29) is 51.5 Å². The van der Waals surface area contributed by atoms with Gasteiger partial charge in [-0.25, -0.2) is 13.2 Å². The Hall–Kier alpha value is -4.91. The Kier molecular flexibility index (Phi) is 8.57. The summed E-state index contributed by atoms with van der Waals surface area (Å²) in [5.41, 5.74) is 0.0502. The summed E-state index contributed by atoms with van der Waals surface area (Å²) in [5, 5.41) is 15.7. The van der Waals surface area contributed by atoms with E-state index in [0.717, 1.165) is 24.3 Å². The monoisotopic (exact) mass is 646 g/mol. The Morgan fingerprint density at radius 2 is 1.71 bits per heavy atom. The molecule has 0 spiro atoms. The number of carbonyl (C=O) groups is 2. The van der Waals surface area contributed by atoms with Gasteiger partial charge in [-0.2, -0.15) is 18.3 Å². The number of pyridine rings is 1. The standard InChI is InChI=1S/C31H21ClF6N4O3/c1-15(16-2-4-17(5-3-16)30(45)39-9-8-26(43)44)42-25(19-10-18-11-23(33)27(34)28(35)29(18)40-14-19)13-24(41-42)21-12-20(31(36,37)38)6-7-22(21)32/h2-7,10-15H,8-9H2,1H3,(H,39,45)(H,43,44). The van der Waals surface area contributed by atoms with Gasteiger partial charge in [0, 0.05) is 34.8 Å². The van der Waals surface area contributed by atoms with Crippen molar-refractivity contribution in [2.45, 2.75) is 25.6 Å². The number of nitrogens with zero attached hydrogens (tertiary/aromatic N) is 3. The van der Waals surface area contributed by atoms with Crippen LogP contribution in [0.3, 0.4) is 0 Å². The molecule has 232 valence electrons. The molecule has 1 atom stereocenters. The van der Waals surface area contributed by atoms with Gasteiger partial charge in [0.2, 0.25) is 0 Å². The Balaban J connectivity index is 1.60. The lowest BCUT2D eigenvalue weighted by Crippen LogP contribution is -2.26. The first-order valence-electron chi connectivity index (χ1n) is 13.2. The van der Waals surface area contributed by atoms with E-state index in [1.54, 1.807) is 19.1 Å². The molecular weight excluding hydrogens is 626 g/mol. The lowest BCUT2D eigenvalue weighted by molar-refractivity contribution is -0.138. The highest BCUT2D eigenvalue weighted by Gasteiger charge is 2.31. The lowest BCUT2D eigenvalue weighted by Gasteiger charge is -2.17. The van der Waals surface area contributed by atoms with Gasteiger partial charge in [-0.15, -0.1) is 0 Å². The van der Waals surface area contributed by atoms with Gasteiger partial charge in [0.15, 0.2) is 17.5 Å². The van der Waals surface area contributed by atoms with Crippen LogP contribution < -0.4 is 5.32 Å². The second kappa shape index (κ2) is 12.2.